The minimum Gasteiger partial charge on any atom is -0.350 e. The largest absolute Gasteiger partial charge is 0.350 e. The van der Waals surface area contributed by atoms with Crippen LogP contribution in [0.15, 0.2) is 29.1 Å². The highest BCUT2D eigenvalue weighted by Gasteiger charge is 2.20. The molecule has 0 aliphatic heterocycles. The van der Waals surface area contributed by atoms with Crippen LogP contribution in [-0.4, -0.2) is 15.9 Å². The summed E-state index contributed by atoms with van der Waals surface area (Å²) < 4.78 is 0. The Balaban J connectivity index is 1.44. The third-order valence-electron chi connectivity index (χ3n) is 5.21. The fourth-order valence-corrected chi connectivity index (χ4v) is 5.36. The van der Waals surface area contributed by atoms with Crippen molar-refractivity contribution < 1.29 is 4.79 Å². The molecule has 5 nitrogen and oxygen atoms in total. The van der Waals surface area contributed by atoms with Crippen LogP contribution in [0.25, 0.3) is 10.2 Å². The van der Waals surface area contributed by atoms with E-state index in [0.717, 1.165) is 35.0 Å². The number of halogens is 1. The van der Waals surface area contributed by atoms with E-state index in [2.05, 4.69) is 15.3 Å². The number of benzene rings is 1. The third-order valence-corrected chi connectivity index (χ3v) is 6.74. The van der Waals surface area contributed by atoms with Crippen LogP contribution in [0.2, 0.25) is 5.02 Å². The van der Waals surface area contributed by atoms with Crippen LogP contribution >= 0.6 is 22.9 Å². The number of fused-ring (bicyclic) bond motifs is 3. The van der Waals surface area contributed by atoms with Gasteiger partial charge in [-0.25, -0.2) is 4.98 Å². The summed E-state index contributed by atoms with van der Waals surface area (Å²) in [7, 11) is 0. The molecule has 0 fully saturated rings. The lowest BCUT2D eigenvalue weighted by Crippen LogP contribution is -2.27. The second-order valence-corrected chi connectivity index (χ2v) is 8.71. The molecule has 1 aromatic carbocycles. The van der Waals surface area contributed by atoms with E-state index in [9.17, 15) is 9.59 Å². The van der Waals surface area contributed by atoms with Crippen LogP contribution in [0, 0.1) is 0 Å². The number of aromatic amines is 1. The van der Waals surface area contributed by atoms with Crippen LogP contribution in [-0.2, 0) is 24.1 Å². The highest BCUT2D eigenvalue weighted by molar-refractivity contribution is 7.18. The van der Waals surface area contributed by atoms with Gasteiger partial charge in [-0.05, 0) is 49.8 Å². The molecule has 146 valence electrons. The van der Waals surface area contributed by atoms with Crippen molar-refractivity contribution in [3.8, 4) is 0 Å². The summed E-state index contributed by atoms with van der Waals surface area (Å²) in [6, 6.07) is 7.29. The standard InChI is InChI=1S/C21H22ClN3O2S/c1-12(13-6-2-4-8-15(13)22)23-18(26)11-10-17-24-20(27)19-14-7-3-5-9-16(14)28-21(19)25-17/h2,4,6,8,12H,3,5,7,9-11H2,1H3,(H,23,26)(H,24,25,27). The first kappa shape index (κ1) is 19.2. The molecule has 2 aromatic heterocycles. The summed E-state index contributed by atoms with van der Waals surface area (Å²) in [5.74, 6) is 0.470. The molecule has 3 aromatic rings. The number of amides is 1. The molecule has 28 heavy (non-hydrogen) atoms. The lowest BCUT2D eigenvalue weighted by molar-refractivity contribution is -0.121. The molecule has 1 atom stereocenters. The van der Waals surface area contributed by atoms with Gasteiger partial charge in [-0.1, -0.05) is 29.8 Å². The number of nitrogens with one attached hydrogen (secondary N) is 2. The molecule has 1 aliphatic carbocycles. The summed E-state index contributed by atoms with van der Waals surface area (Å²) in [4.78, 5) is 34.5. The number of aryl methyl sites for hydroxylation is 3. The average Bonchev–Trinajstić information content (AvgIpc) is 3.05. The molecule has 0 radical (unpaired) electrons. The fraction of sp³-hybridized carbons (Fsp3) is 0.381. The summed E-state index contributed by atoms with van der Waals surface area (Å²) in [6.45, 7) is 1.90. The average molecular weight is 416 g/mol. The normalized spacial score (nSPS) is 14.6. The zero-order valence-electron chi connectivity index (χ0n) is 15.7. The van der Waals surface area contributed by atoms with E-state index in [1.807, 2.05) is 31.2 Å². The first-order valence-electron chi connectivity index (χ1n) is 9.60. The van der Waals surface area contributed by atoms with Crippen molar-refractivity contribution in [3.63, 3.8) is 0 Å². The minimum atomic E-state index is -0.181. The third kappa shape index (κ3) is 3.84. The lowest BCUT2D eigenvalue weighted by atomic mass is 9.97. The number of aromatic nitrogens is 2. The Labute approximate surface area is 172 Å². The predicted molar refractivity (Wildman–Crippen MR) is 113 cm³/mol. The molecule has 0 saturated carbocycles. The van der Waals surface area contributed by atoms with Crippen LogP contribution in [0.5, 0.6) is 0 Å². The van der Waals surface area contributed by atoms with Gasteiger partial charge in [-0.15, -0.1) is 11.3 Å². The van der Waals surface area contributed by atoms with Crippen molar-refractivity contribution in [3.05, 3.63) is 61.5 Å². The van der Waals surface area contributed by atoms with Crippen LogP contribution in [0.3, 0.4) is 0 Å². The first-order valence-corrected chi connectivity index (χ1v) is 10.8. The van der Waals surface area contributed by atoms with Gasteiger partial charge in [0.1, 0.15) is 10.7 Å². The number of H-pyrrole nitrogens is 1. The maximum absolute atomic E-state index is 12.6. The zero-order valence-corrected chi connectivity index (χ0v) is 17.3. The zero-order chi connectivity index (χ0) is 19.7. The molecule has 7 heteroatoms. The molecule has 1 aliphatic rings. The van der Waals surface area contributed by atoms with Gasteiger partial charge >= 0.3 is 0 Å². The van der Waals surface area contributed by atoms with E-state index >= 15 is 0 Å². The van der Waals surface area contributed by atoms with Gasteiger partial charge in [0, 0.05) is 22.7 Å². The van der Waals surface area contributed by atoms with Crippen LogP contribution < -0.4 is 10.9 Å². The van der Waals surface area contributed by atoms with E-state index < -0.39 is 0 Å². The molecular formula is C21H22ClN3O2S. The summed E-state index contributed by atoms with van der Waals surface area (Å²) in [5, 5.41) is 4.34. The Bertz CT molecular complexity index is 1090. The monoisotopic (exact) mass is 415 g/mol. The number of rotatable bonds is 5. The minimum absolute atomic E-state index is 0.0794. The molecule has 2 heterocycles. The van der Waals surface area contributed by atoms with Gasteiger partial charge in [0.15, 0.2) is 0 Å². The molecular weight excluding hydrogens is 394 g/mol. The van der Waals surface area contributed by atoms with Crippen molar-refractivity contribution in [1.29, 1.82) is 0 Å². The highest BCUT2D eigenvalue weighted by atomic mass is 35.5. The number of hydrogen-bond acceptors (Lipinski definition) is 4. The van der Waals surface area contributed by atoms with E-state index in [0.29, 0.717) is 17.3 Å². The second kappa shape index (κ2) is 8.05. The van der Waals surface area contributed by atoms with Gasteiger partial charge in [-0.2, -0.15) is 0 Å². The van der Waals surface area contributed by atoms with Gasteiger partial charge in [0.25, 0.3) is 5.56 Å². The molecule has 2 N–H and O–H groups in total. The van der Waals surface area contributed by atoms with Crippen molar-refractivity contribution in [2.75, 3.05) is 0 Å². The number of nitrogens with zero attached hydrogens (tertiary/aromatic N) is 1. The maximum atomic E-state index is 12.6. The Morgan fingerprint density at radius 1 is 1.32 bits per heavy atom. The summed E-state index contributed by atoms with van der Waals surface area (Å²) >= 11 is 7.82. The van der Waals surface area contributed by atoms with Crippen molar-refractivity contribution in [2.45, 2.75) is 51.5 Å². The Hall–Kier alpha value is -2.18. The highest BCUT2D eigenvalue weighted by Crippen LogP contribution is 2.33. The Morgan fingerprint density at radius 3 is 2.93 bits per heavy atom. The van der Waals surface area contributed by atoms with E-state index in [4.69, 9.17) is 11.6 Å². The van der Waals surface area contributed by atoms with E-state index in [-0.39, 0.29) is 23.9 Å². The molecule has 0 saturated heterocycles. The number of thiophene rings is 1. The Morgan fingerprint density at radius 2 is 2.11 bits per heavy atom. The second-order valence-electron chi connectivity index (χ2n) is 7.21. The topological polar surface area (TPSA) is 74.8 Å². The summed E-state index contributed by atoms with van der Waals surface area (Å²) in [5.41, 5.74) is 1.98. The number of hydrogen-bond donors (Lipinski definition) is 2. The number of carbonyl (C=O) groups is 1. The number of carbonyl (C=O) groups excluding carboxylic acids is 1. The molecule has 0 bridgehead atoms. The molecule has 1 amide bonds. The maximum Gasteiger partial charge on any atom is 0.259 e. The quantitative estimate of drug-likeness (QED) is 0.651. The summed E-state index contributed by atoms with van der Waals surface area (Å²) in [6.07, 6.45) is 4.95. The fourth-order valence-electron chi connectivity index (χ4n) is 3.78. The van der Waals surface area contributed by atoms with Gasteiger partial charge < -0.3 is 10.3 Å². The molecule has 1 unspecified atom stereocenters. The lowest BCUT2D eigenvalue weighted by Gasteiger charge is -2.15. The molecule has 0 spiro atoms. The SMILES string of the molecule is CC(NC(=O)CCc1nc2sc3c(c2c(=O)[nH]1)CCCC3)c1ccccc1Cl. The molecule has 4 rings (SSSR count). The Kier molecular flexibility index (Phi) is 5.51. The first-order chi connectivity index (χ1) is 13.5. The van der Waals surface area contributed by atoms with Gasteiger partial charge in [0.2, 0.25) is 5.91 Å². The van der Waals surface area contributed by atoms with Crippen molar-refractivity contribution >= 4 is 39.1 Å². The van der Waals surface area contributed by atoms with Gasteiger partial charge in [0.05, 0.1) is 11.4 Å². The van der Waals surface area contributed by atoms with Crippen LogP contribution in [0.1, 0.15) is 54.1 Å². The van der Waals surface area contributed by atoms with E-state index in [1.54, 1.807) is 11.3 Å². The van der Waals surface area contributed by atoms with Gasteiger partial charge in [-0.3, -0.25) is 9.59 Å². The smallest absolute Gasteiger partial charge is 0.259 e. The van der Waals surface area contributed by atoms with Crippen molar-refractivity contribution in [2.24, 2.45) is 0 Å². The van der Waals surface area contributed by atoms with Crippen LogP contribution in [0.4, 0.5) is 0 Å². The van der Waals surface area contributed by atoms with E-state index in [1.165, 1.54) is 16.9 Å². The van der Waals surface area contributed by atoms with Crippen molar-refractivity contribution in [1.82, 2.24) is 15.3 Å². The predicted octanol–water partition coefficient (Wildman–Crippen LogP) is 4.33.